The first-order valence-electron chi connectivity index (χ1n) is 6.24. The van der Waals surface area contributed by atoms with Crippen LogP contribution in [0.1, 0.15) is 11.5 Å². The molecule has 2 aromatic heterocycles. The van der Waals surface area contributed by atoms with E-state index >= 15 is 0 Å². The molecule has 0 N–H and O–H groups in total. The van der Waals surface area contributed by atoms with Crippen LogP contribution in [-0.4, -0.2) is 19.6 Å². The van der Waals surface area contributed by atoms with E-state index in [2.05, 4.69) is 31.0 Å². The zero-order valence-corrected chi connectivity index (χ0v) is 12.9. The molecule has 0 bridgehead atoms. The third-order valence-corrected chi connectivity index (χ3v) is 3.52. The number of benzene rings is 1. The topological polar surface area (TPSA) is 43.1 Å². The highest BCUT2D eigenvalue weighted by atomic mass is 79.9. The van der Waals surface area contributed by atoms with Crippen molar-refractivity contribution in [2.24, 2.45) is 0 Å². The lowest BCUT2D eigenvalue weighted by Crippen LogP contribution is -2.14. The van der Waals surface area contributed by atoms with E-state index in [0.29, 0.717) is 16.1 Å². The Morgan fingerprint density at radius 1 is 0.875 bits per heavy atom. The smallest absolute Gasteiger partial charge is 0.211 e. The maximum Gasteiger partial charge on any atom is 0.453 e. The van der Waals surface area contributed by atoms with Gasteiger partial charge in [0.15, 0.2) is 5.69 Å². The Labute approximate surface area is 138 Å². The van der Waals surface area contributed by atoms with Crippen molar-refractivity contribution < 1.29 is 26.3 Å². The van der Waals surface area contributed by atoms with Crippen molar-refractivity contribution >= 4 is 21.7 Å². The zero-order valence-electron chi connectivity index (χ0n) is 11.3. The van der Waals surface area contributed by atoms with Crippen molar-refractivity contribution in [2.75, 3.05) is 0 Å². The molecule has 4 nitrogen and oxygen atoms in total. The van der Waals surface area contributed by atoms with Crippen LogP contribution in [0.4, 0.5) is 26.3 Å². The molecular weight excluding hydrogens is 406 g/mol. The Hall–Kier alpha value is -2.17. The van der Waals surface area contributed by atoms with Crippen LogP contribution in [0.15, 0.2) is 34.8 Å². The highest BCUT2D eigenvalue weighted by Gasteiger charge is 2.40. The van der Waals surface area contributed by atoms with E-state index in [1.54, 1.807) is 12.1 Å². The normalized spacial score (nSPS) is 12.8. The Morgan fingerprint density at radius 2 is 1.50 bits per heavy atom. The number of halogens is 7. The van der Waals surface area contributed by atoms with Gasteiger partial charge >= 0.3 is 12.4 Å². The number of aromatic nitrogens is 4. The largest absolute Gasteiger partial charge is 0.453 e. The third kappa shape index (κ3) is 3.07. The summed E-state index contributed by atoms with van der Waals surface area (Å²) in [7, 11) is 0. The van der Waals surface area contributed by atoms with Crippen LogP contribution < -0.4 is 0 Å². The van der Waals surface area contributed by atoms with Crippen LogP contribution >= 0.6 is 15.9 Å². The van der Waals surface area contributed by atoms with Crippen molar-refractivity contribution in [3.8, 4) is 11.3 Å². The minimum Gasteiger partial charge on any atom is -0.211 e. The minimum absolute atomic E-state index is 0.0468. The molecule has 3 rings (SSSR count). The molecule has 11 heteroatoms. The molecule has 0 radical (unpaired) electrons. The van der Waals surface area contributed by atoms with Gasteiger partial charge in [-0.1, -0.05) is 28.1 Å². The Morgan fingerprint density at radius 3 is 2.04 bits per heavy atom. The maximum absolute atomic E-state index is 13.2. The summed E-state index contributed by atoms with van der Waals surface area (Å²) in [6, 6.07) is 6.72. The third-order valence-electron chi connectivity index (χ3n) is 3.00. The molecule has 2 heterocycles. The lowest BCUT2D eigenvalue weighted by atomic mass is 10.1. The van der Waals surface area contributed by atoms with Crippen molar-refractivity contribution in [3.05, 3.63) is 46.3 Å². The molecule has 0 aliphatic rings. The van der Waals surface area contributed by atoms with E-state index < -0.39 is 29.6 Å². The van der Waals surface area contributed by atoms with E-state index in [1.807, 2.05) is 0 Å². The second-order valence-corrected chi connectivity index (χ2v) is 5.59. The Kier molecular flexibility index (Phi) is 3.78. The van der Waals surface area contributed by atoms with Gasteiger partial charge in [-0.15, -0.1) is 5.10 Å². The van der Waals surface area contributed by atoms with Crippen LogP contribution in [0.3, 0.4) is 0 Å². The van der Waals surface area contributed by atoms with Gasteiger partial charge in [0.25, 0.3) is 11.6 Å². The highest BCUT2D eigenvalue weighted by Crippen LogP contribution is 2.33. The highest BCUT2D eigenvalue weighted by molar-refractivity contribution is 9.10. The summed E-state index contributed by atoms with van der Waals surface area (Å²) in [6.07, 6.45) is -9.91. The van der Waals surface area contributed by atoms with Crippen molar-refractivity contribution in [1.29, 1.82) is 0 Å². The summed E-state index contributed by atoms with van der Waals surface area (Å²) in [4.78, 5) is 6.83. The standard InChI is InChI=1S/C13H5BrF6N4/c14-7-3-1-6(2-4-7)8-5-9(12(15,16)17)24-11(21-8)22-10(23-24)13(18,19)20/h1-5H. The molecule has 1 aromatic carbocycles. The van der Waals surface area contributed by atoms with E-state index in [4.69, 9.17) is 0 Å². The fourth-order valence-electron chi connectivity index (χ4n) is 1.96. The first-order chi connectivity index (χ1) is 11.1. The Bertz CT molecular complexity index is 898. The van der Waals surface area contributed by atoms with Crippen molar-refractivity contribution in [1.82, 2.24) is 19.6 Å². The van der Waals surface area contributed by atoms with Crippen molar-refractivity contribution in [3.63, 3.8) is 0 Å². The van der Waals surface area contributed by atoms with Gasteiger partial charge in [0.05, 0.1) is 5.69 Å². The molecule has 0 saturated heterocycles. The molecule has 0 atom stereocenters. The summed E-state index contributed by atoms with van der Waals surface area (Å²) >= 11 is 3.18. The van der Waals surface area contributed by atoms with E-state index in [1.165, 1.54) is 12.1 Å². The predicted octanol–water partition coefficient (Wildman–Crippen LogP) is 4.59. The number of hydrogen-bond donors (Lipinski definition) is 0. The lowest BCUT2D eigenvalue weighted by Gasteiger charge is -2.10. The average Bonchev–Trinajstić information content (AvgIpc) is 2.89. The van der Waals surface area contributed by atoms with Crippen LogP contribution in [0, 0.1) is 0 Å². The maximum atomic E-state index is 13.2. The molecule has 126 valence electrons. The second kappa shape index (κ2) is 5.43. The van der Waals surface area contributed by atoms with Gasteiger partial charge < -0.3 is 0 Å². The van der Waals surface area contributed by atoms with Crippen LogP contribution in [0.2, 0.25) is 0 Å². The first-order valence-corrected chi connectivity index (χ1v) is 7.03. The summed E-state index contributed by atoms with van der Waals surface area (Å²) in [6.45, 7) is 0. The van der Waals surface area contributed by atoms with E-state index in [-0.39, 0.29) is 10.2 Å². The number of nitrogens with zero attached hydrogens (tertiary/aromatic N) is 4. The molecule has 3 aromatic rings. The lowest BCUT2D eigenvalue weighted by molar-refractivity contribution is -0.147. The molecule has 24 heavy (non-hydrogen) atoms. The second-order valence-electron chi connectivity index (χ2n) is 4.68. The van der Waals surface area contributed by atoms with Gasteiger partial charge in [-0.2, -0.15) is 35.8 Å². The molecule has 0 saturated carbocycles. The number of hydrogen-bond acceptors (Lipinski definition) is 3. The molecule has 0 amide bonds. The first kappa shape index (κ1) is 16.7. The van der Waals surface area contributed by atoms with Crippen LogP contribution in [0.5, 0.6) is 0 Å². The monoisotopic (exact) mass is 410 g/mol. The quantitative estimate of drug-likeness (QED) is 0.551. The SMILES string of the molecule is FC(F)(F)c1nc2nc(-c3ccc(Br)cc3)cc(C(F)(F)F)n2n1. The van der Waals surface area contributed by atoms with Gasteiger partial charge in [-0.3, -0.25) is 0 Å². The molecule has 0 fully saturated rings. The zero-order chi connectivity index (χ0) is 17.7. The molecule has 0 aliphatic carbocycles. The minimum atomic E-state index is -4.98. The Balaban J connectivity index is 2.28. The fraction of sp³-hybridized carbons (Fsp3) is 0.154. The van der Waals surface area contributed by atoms with Crippen molar-refractivity contribution in [2.45, 2.75) is 12.4 Å². The summed E-state index contributed by atoms with van der Waals surface area (Å²) in [5, 5.41) is 2.89. The summed E-state index contributed by atoms with van der Waals surface area (Å²) in [5.74, 6) is -2.47. The van der Waals surface area contributed by atoms with E-state index in [9.17, 15) is 26.3 Å². The number of rotatable bonds is 1. The van der Waals surface area contributed by atoms with Gasteiger partial charge in [0, 0.05) is 10.0 Å². The average molecular weight is 411 g/mol. The van der Waals surface area contributed by atoms with Gasteiger partial charge in [-0.05, 0) is 18.2 Å². The summed E-state index contributed by atoms with van der Waals surface area (Å²) in [5.41, 5.74) is -1.26. The molecule has 0 spiro atoms. The summed E-state index contributed by atoms with van der Waals surface area (Å²) < 4.78 is 78.3. The molecule has 0 unspecified atom stereocenters. The predicted molar refractivity (Wildman–Crippen MR) is 73.9 cm³/mol. The molecular formula is C13H5BrF6N4. The number of alkyl halides is 6. The van der Waals surface area contributed by atoms with Gasteiger partial charge in [0.1, 0.15) is 0 Å². The van der Waals surface area contributed by atoms with Gasteiger partial charge in [0.2, 0.25) is 0 Å². The van der Waals surface area contributed by atoms with Gasteiger partial charge in [-0.25, -0.2) is 4.98 Å². The number of fused-ring (bicyclic) bond motifs is 1. The van der Waals surface area contributed by atoms with E-state index in [0.717, 1.165) is 0 Å². The van der Waals surface area contributed by atoms with Crippen LogP contribution in [-0.2, 0) is 12.4 Å². The van der Waals surface area contributed by atoms with Crippen LogP contribution in [0.25, 0.3) is 17.0 Å². The molecule has 0 aliphatic heterocycles. The fourth-order valence-corrected chi connectivity index (χ4v) is 2.22.